The molecule has 8 nitrogen and oxygen atoms in total. The Balaban J connectivity index is 2.15. The van der Waals surface area contributed by atoms with Crippen molar-refractivity contribution >= 4 is 18.0 Å². The second-order valence-electron chi connectivity index (χ2n) is 4.99. The average Bonchev–Trinajstić information content (AvgIpc) is 3.12. The molecule has 134 valence electrons. The van der Waals surface area contributed by atoms with Crippen molar-refractivity contribution in [2.24, 2.45) is 5.73 Å². The number of ether oxygens (including phenoxy) is 3. The molecule has 2 N–H and O–H groups in total. The van der Waals surface area contributed by atoms with Crippen LogP contribution in [0.15, 0.2) is 40.3 Å². The number of carbonyl (C=O) groups excluding carboxylic acids is 2. The molecule has 0 aliphatic heterocycles. The lowest BCUT2D eigenvalue weighted by atomic mass is 10.1. The third kappa shape index (κ3) is 4.42. The fraction of sp³-hybridized carbons (Fsp3) is 0.167. The van der Waals surface area contributed by atoms with E-state index in [-0.39, 0.29) is 17.9 Å². The molecule has 0 aliphatic rings. The normalized spacial score (nSPS) is 10.7. The Hall–Kier alpha value is -3.73. The van der Waals surface area contributed by atoms with Gasteiger partial charge in [0, 0.05) is 0 Å². The molecule has 1 heterocycles. The van der Waals surface area contributed by atoms with Gasteiger partial charge < -0.3 is 24.4 Å². The van der Waals surface area contributed by atoms with Gasteiger partial charge in [-0.1, -0.05) is 6.07 Å². The summed E-state index contributed by atoms with van der Waals surface area (Å²) < 4.78 is 20.8. The molecule has 8 heteroatoms. The van der Waals surface area contributed by atoms with Crippen LogP contribution >= 0.6 is 0 Å². The highest BCUT2D eigenvalue weighted by Gasteiger charge is 2.13. The van der Waals surface area contributed by atoms with Crippen LogP contribution in [-0.2, 0) is 16.1 Å². The van der Waals surface area contributed by atoms with E-state index in [0.717, 1.165) is 0 Å². The summed E-state index contributed by atoms with van der Waals surface area (Å²) in [7, 11) is 2.72. The molecule has 0 spiro atoms. The lowest BCUT2D eigenvalue weighted by molar-refractivity contribution is -0.114. The second kappa shape index (κ2) is 8.39. The Morgan fingerprint density at radius 1 is 1.23 bits per heavy atom. The van der Waals surface area contributed by atoms with Crippen molar-refractivity contribution in [1.82, 2.24) is 0 Å². The third-order valence-corrected chi connectivity index (χ3v) is 3.30. The number of nitriles is 1. The highest BCUT2D eigenvalue weighted by molar-refractivity contribution is 6.00. The van der Waals surface area contributed by atoms with E-state index in [4.69, 9.17) is 24.9 Å². The number of amides is 1. The Morgan fingerprint density at radius 2 is 2.00 bits per heavy atom. The second-order valence-corrected chi connectivity index (χ2v) is 4.99. The van der Waals surface area contributed by atoms with Gasteiger partial charge in [0.2, 0.25) is 5.76 Å². The summed E-state index contributed by atoms with van der Waals surface area (Å²) in [6, 6.07) is 9.67. The maximum absolute atomic E-state index is 11.4. The van der Waals surface area contributed by atoms with Crippen LogP contribution in [0.1, 0.15) is 21.9 Å². The van der Waals surface area contributed by atoms with Crippen LogP contribution in [0.5, 0.6) is 11.5 Å². The van der Waals surface area contributed by atoms with Crippen LogP contribution in [0.3, 0.4) is 0 Å². The molecule has 0 saturated carbocycles. The maximum Gasteiger partial charge on any atom is 0.373 e. The largest absolute Gasteiger partial charge is 0.493 e. The van der Waals surface area contributed by atoms with E-state index >= 15 is 0 Å². The van der Waals surface area contributed by atoms with E-state index in [1.165, 1.54) is 26.4 Å². The first-order chi connectivity index (χ1) is 12.5. The number of furan rings is 1. The molecule has 1 aromatic carbocycles. The summed E-state index contributed by atoms with van der Waals surface area (Å²) in [5.41, 5.74) is 5.49. The van der Waals surface area contributed by atoms with E-state index in [2.05, 4.69) is 4.74 Å². The average molecular weight is 356 g/mol. The predicted molar refractivity (Wildman–Crippen MR) is 90.2 cm³/mol. The van der Waals surface area contributed by atoms with Crippen molar-refractivity contribution in [1.29, 1.82) is 5.26 Å². The molecular formula is C18H16N2O6. The molecule has 0 atom stereocenters. The first kappa shape index (κ1) is 18.6. The summed E-state index contributed by atoms with van der Waals surface area (Å²) in [5.74, 6) is -0.0804. The Bertz CT molecular complexity index is 891. The minimum absolute atomic E-state index is 0.0628. The number of rotatable bonds is 7. The van der Waals surface area contributed by atoms with Gasteiger partial charge in [-0.05, 0) is 35.9 Å². The molecule has 2 aromatic rings. The van der Waals surface area contributed by atoms with Gasteiger partial charge in [-0.15, -0.1) is 0 Å². The minimum Gasteiger partial charge on any atom is -0.493 e. The van der Waals surface area contributed by atoms with E-state index < -0.39 is 11.9 Å². The first-order valence-corrected chi connectivity index (χ1v) is 7.38. The van der Waals surface area contributed by atoms with Gasteiger partial charge in [-0.3, -0.25) is 4.79 Å². The number of benzene rings is 1. The highest BCUT2D eigenvalue weighted by Crippen LogP contribution is 2.29. The zero-order chi connectivity index (χ0) is 19.1. The summed E-state index contributed by atoms with van der Waals surface area (Å²) in [4.78, 5) is 22.5. The van der Waals surface area contributed by atoms with Gasteiger partial charge >= 0.3 is 5.97 Å². The number of hydrogen-bond acceptors (Lipinski definition) is 7. The maximum atomic E-state index is 11.4. The number of carbonyl (C=O) groups is 2. The number of nitrogens with two attached hydrogens (primary N) is 1. The molecule has 0 saturated heterocycles. The van der Waals surface area contributed by atoms with Crippen molar-refractivity contribution in [2.75, 3.05) is 14.2 Å². The van der Waals surface area contributed by atoms with Crippen molar-refractivity contribution in [3.63, 3.8) is 0 Å². The van der Waals surface area contributed by atoms with Crippen LogP contribution in [-0.4, -0.2) is 26.1 Å². The molecule has 26 heavy (non-hydrogen) atoms. The van der Waals surface area contributed by atoms with E-state index in [9.17, 15) is 9.59 Å². The van der Waals surface area contributed by atoms with Crippen molar-refractivity contribution < 1.29 is 28.2 Å². The van der Waals surface area contributed by atoms with E-state index in [1.807, 2.05) is 0 Å². The Labute approximate surface area is 149 Å². The number of methoxy groups -OCH3 is 2. The van der Waals surface area contributed by atoms with Gasteiger partial charge in [0.1, 0.15) is 24.0 Å². The highest BCUT2D eigenvalue weighted by atomic mass is 16.5. The van der Waals surface area contributed by atoms with E-state index in [1.54, 1.807) is 30.3 Å². The van der Waals surface area contributed by atoms with Crippen LogP contribution in [0.2, 0.25) is 0 Å². The van der Waals surface area contributed by atoms with Gasteiger partial charge in [0.25, 0.3) is 5.91 Å². The SMILES string of the molecule is COC(=O)c1ccc(COc2ccc(/C=C(\C#N)C(N)=O)cc2OC)o1. The summed E-state index contributed by atoms with van der Waals surface area (Å²) in [6.07, 6.45) is 1.35. The topological polar surface area (TPSA) is 125 Å². The van der Waals surface area contributed by atoms with Crippen molar-refractivity contribution in [3.05, 3.63) is 53.0 Å². The predicted octanol–water partition coefficient (Wildman–Crippen LogP) is 2.05. The standard InChI is InChI=1S/C18H16N2O6/c1-23-16-8-11(7-12(9-19)17(20)21)3-5-14(16)25-10-13-4-6-15(26-13)18(22)24-2/h3-8H,10H2,1-2H3,(H2,20,21)/b12-7+. The quantitative estimate of drug-likeness (QED) is 0.457. The van der Waals surface area contributed by atoms with Gasteiger partial charge in [-0.2, -0.15) is 5.26 Å². The van der Waals surface area contributed by atoms with Crippen molar-refractivity contribution in [3.8, 4) is 17.6 Å². The number of nitrogens with zero attached hydrogens (tertiary/aromatic N) is 1. The van der Waals surface area contributed by atoms with E-state index in [0.29, 0.717) is 22.8 Å². The fourth-order valence-corrected chi connectivity index (χ4v) is 2.03. The molecular weight excluding hydrogens is 340 g/mol. The molecule has 1 amide bonds. The number of primary amides is 1. The molecule has 0 radical (unpaired) electrons. The lowest BCUT2D eigenvalue weighted by Gasteiger charge is -2.10. The monoisotopic (exact) mass is 356 g/mol. The Morgan fingerprint density at radius 3 is 2.62 bits per heavy atom. The molecule has 0 bridgehead atoms. The van der Waals surface area contributed by atoms with Crippen LogP contribution in [0.25, 0.3) is 6.08 Å². The van der Waals surface area contributed by atoms with Crippen LogP contribution < -0.4 is 15.2 Å². The van der Waals surface area contributed by atoms with Crippen LogP contribution in [0.4, 0.5) is 0 Å². The smallest absolute Gasteiger partial charge is 0.373 e. The lowest BCUT2D eigenvalue weighted by Crippen LogP contribution is -2.12. The zero-order valence-electron chi connectivity index (χ0n) is 14.1. The molecule has 0 fully saturated rings. The summed E-state index contributed by atoms with van der Waals surface area (Å²) in [5, 5.41) is 8.89. The number of esters is 1. The van der Waals surface area contributed by atoms with Crippen LogP contribution in [0, 0.1) is 11.3 Å². The van der Waals surface area contributed by atoms with Gasteiger partial charge in [-0.25, -0.2) is 4.79 Å². The summed E-state index contributed by atoms with van der Waals surface area (Å²) in [6.45, 7) is 0.0628. The summed E-state index contributed by atoms with van der Waals surface area (Å²) >= 11 is 0. The fourth-order valence-electron chi connectivity index (χ4n) is 2.03. The van der Waals surface area contributed by atoms with Gasteiger partial charge in [0.15, 0.2) is 11.5 Å². The first-order valence-electron chi connectivity index (χ1n) is 7.38. The molecule has 0 aliphatic carbocycles. The minimum atomic E-state index is -0.814. The third-order valence-electron chi connectivity index (χ3n) is 3.30. The molecule has 2 rings (SSSR count). The molecule has 0 unspecified atom stereocenters. The Kier molecular flexibility index (Phi) is 6.01. The molecule has 1 aromatic heterocycles. The van der Waals surface area contributed by atoms with Gasteiger partial charge in [0.05, 0.1) is 14.2 Å². The number of hydrogen-bond donors (Lipinski definition) is 1. The zero-order valence-corrected chi connectivity index (χ0v) is 14.1. The van der Waals surface area contributed by atoms with Crippen molar-refractivity contribution in [2.45, 2.75) is 6.61 Å².